The quantitative estimate of drug-likeness (QED) is 0.713. The lowest BCUT2D eigenvalue weighted by Gasteiger charge is -2.44. The van der Waals surface area contributed by atoms with Crippen molar-refractivity contribution in [2.75, 3.05) is 26.2 Å². The van der Waals surface area contributed by atoms with Crippen LogP contribution in [-0.4, -0.2) is 53.7 Å². The van der Waals surface area contributed by atoms with Crippen molar-refractivity contribution in [3.05, 3.63) is 71.0 Å². The van der Waals surface area contributed by atoms with Gasteiger partial charge in [0.05, 0.1) is 5.41 Å². The Morgan fingerprint density at radius 3 is 2.23 bits per heavy atom. The van der Waals surface area contributed by atoms with E-state index >= 15 is 0 Å². The summed E-state index contributed by atoms with van der Waals surface area (Å²) in [5.41, 5.74) is 1.67. The highest BCUT2D eigenvalue weighted by Gasteiger charge is 2.46. The molecule has 6 nitrogen and oxygen atoms in total. The number of hydrogen-bond acceptors (Lipinski definition) is 3. The number of benzene rings is 2. The van der Waals surface area contributed by atoms with Crippen LogP contribution in [-0.2, 0) is 26.3 Å². The number of hydrogen-bond donors (Lipinski definition) is 1. The fourth-order valence-corrected chi connectivity index (χ4v) is 5.31. The molecule has 0 aromatic heterocycles. The number of carbonyl (C=O) groups is 3. The summed E-state index contributed by atoms with van der Waals surface area (Å²) in [6.45, 7) is 5.76. The monoisotopic (exact) mass is 479 g/mol. The summed E-state index contributed by atoms with van der Waals surface area (Å²) >= 11 is 0. The van der Waals surface area contributed by atoms with Gasteiger partial charge in [-0.3, -0.25) is 14.4 Å². The molecule has 0 bridgehead atoms. The normalized spacial score (nSPS) is 18.3. The van der Waals surface area contributed by atoms with Crippen LogP contribution in [0.1, 0.15) is 49.3 Å². The zero-order valence-electron chi connectivity index (χ0n) is 20.6. The van der Waals surface area contributed by atoms with Crippen LogP contribution in [0.25, 0.3) is 0 Å². The van der Waals surface area contributed by atoms with Crippen molar-refractivity contribution in [2.24, 2.45) is 5.92 Å². The molecule has 2 aliphatic rings. The number of nitrogens with zero attached hydrogens (tertiary/aromatic N) is 2. The third kappa shape index (κ3) is 5.39. The van der Waals surface area contributed by atoms with Crippen LogP contribution >= 0.6 is 0 Å². The Morgan fingerprint density at radius 2 is 1.63 bits per heavy atom. The predicted molar refractivity (Wildman–Crippen MR) is 132 cm³/mol. The molecule has 1 N–H and O–H groups in total. The molecule has 2 aromatic carbocycles. The van der Waals surface area contributed by atoms with Gasteiger partial charge in [-0.05, 0) is 55.4 Å². The number of carbonyl (C=O) groups excluding carboxylic acids is 3. The topological polar surface area (TPSA) is 69.7 Å². The summed E-state index contributed by atoms with van der Waals surface area (Å²) in [5, 5.41) is 2.93. The smallest absolute Gasteiger partial charge is 0.233 e. The molecule has 0 aliphatic carbocycles. The Morgan fingerprint density at radius 1 is 0.971 bits per heavy atom. The van der Waals surface area contributed by atoms with Crippen molar-refractivity contribution in [3.8, 4) is 0 Å². The van der Waals surface area contributed by atoms with Crippen LogP contribution in [0.15, 0.2) is 48.5 Å². The number of aryl methyl sites for hydroxylation is 1. The maximum absolute atomic E-state index is 13.9. The van der Waals surface area contributed by atoms with Gasteiger partial charge >= 0.3 is 0 Å². The summed E-state index contributed by atoms with van der Waals surface area (Å²) in [7, 11) is 0. The minimum Gasteiger partial charge on any atom is -0.352 e. The van der Waals surface area contributed by atoms with Gasteiger partial charge in [-0.1, -0.05) is 42.5 Å². The van der Waals surface area contributed by atoms with E-state index in [1.807, 2.05) is 46.2 Å². The lowest BCUT2D eigenvalue weighted by Crippen LogP contribution is -2.55. The fourth-order valence-electron chi connectivity index (χ4n) is 5.31. The molecule has 186 valence electrons. The zero-order chi connectivity index (χ0) is 25.0. The average molecular weight is 480 g/mol. The Labute approximate surface area is 206 Å². The van der Waals surface area contributed by atoms with Crippen LogP contribution in [0.2, 0.25) is 0 Å². The molecule has 7 heteroatoms. The lowest BCUT2D eigenvalue weighted by molar-refractivity contribution is -0.144. The molecular weight excluding hydrogens is 445 g/mol. The van der Waals surface area contributed by atoms with Gasteiger partial charge < -0.3 is 15.1 Å². The molecule has 0 saturated carbocycles. The van der Waals surface area contributed by atoms with Crippen molar-refractivity contribution >= 4 is 17.7 Å². The fraction of sp³-hybridized carbons (Fsp3) is 0.464. The van der Waals surface area contributed by atoms with Crippen molar-refractivity contribution in [3.63, 3.8) is 0 Å². The van der Waals surface area contributed by atoms with Gasteiger partial charge in [0.15, 0.2) is 0 Å². The molecule has 0 radical (unpaired) electrons. The molecule has 2 saturated heterocycles. The van der Waals surface area contributed by atoms with E-state index in [0.717, 1.165) is 11.1 Å². The molecule has 4 rings (SSSR count). The van der Waals surface area contributed by atoms with Gasteiger partial charge in [0.1, 0.15) is 5.82 Å². The van der Waals surface area contributed by atoms with E-state index in [1.54, 1.807) is 19.9 Å². The first-order valence-electron chi connectivity index (χ1n) is 12.4. The van der Waals surface area contributed by atoms with E-state index in [4.69, 9.17) is 0 Å². The summed E-state index contributed by atoms with van der Waals surface area (Å²) in [5.74, 6) is -0.350. The lowest BCUT2D eigenvalue weighted by atomic mass is 9.71. The summed E-state index contributed by atoms with van der Waals surface area (Å²) in [4.78, 5) is 42.2. The Balaban J connectivity index is 1.38. The van der Waals surface area contributed by atoms with E-state index in [9.17, 15) is 18.8 Å². The standard InChI is InChI=1S/C28H34FN3O3/c1-20-8-9-22(18-25(20)29)19-30-26(34)23-10-14-32(15-11-23)27(35)28(24-6-4-3-5-7-24)12-16-31(17-13-28)21(2)33/h3-9,18,23H,10-17,19H2,1-2H3,(H,30,34). The van der Waals surface area contributed by atoms with E-state index in [0.29, 0.717) is 64.0 Å². The maximum Gasteiger partial charge on any atom is 0.233 e. The molecule has 0 atom stereocenters. The Hall–Kier alpha value is -3.22. The van der Waals surface area contributed by atoms with Gasteiger partial charge in [0, 0.05) is 45.6 Å². The van der Waals surface area contributed by atoms with Gasteiger partial charge in [0.25, 0.3) is 0 Å². The van der Waals surface area contributed by atoms with Crippen LogP contribution < -0.4 is 5.32 Å². The highest BCUT2D eigenvalue weighted by molar-refractivity contribution is 5.89. The summed E-state index contributed by atoms with van der Waals surface area (Å²) in [6.07, 6.45) is 2.40. The highest BCUT2D eigenvalue weighted by atomic mass is 19.1. The van der Waals surface area contributed by atoms with Crippen LogP contribution in [0.5, 0.6) is 0 Å². The van der Waals surface area contributed by atoms with Crippen molar-refractivity contribution in [2.45, 2.75) is 51.5 Å². The zero-order valence-corrected chi connectivity index (χ0v) is 20.6. The molecule has 2 aromatic rings. The molecule has 2 heterocycles. The average Bonchev–Trinajstić information content (AvgIpc) is 2.89. The van der Waals surface area contributed by atoms with Crippen molar-refractivity contribution in [1.29, 1.82) is 0 Å². The van der Waals surface area contributed by atoms with Crippen molar-refractivity contribution in [1.82, 2.24) is 15.1 Å². The van der Waals surface area contributed by atoms with E-state index < -0.39 is 5.41 Å². The molecular formula is C28H34FN3O3. The van der Waals surface area contributed by atoms with Gasteiger partial charge in [-0.15, -0.1) is 0 Å². The third-order valence-electron chi connectivity index (χ3n) is 7.65. The predicted octanol–water partition coefficient (Wildman–Crippen LogP) is 3.57. The minimum atomic E-state index is -0.641. The van der Waals surface area contributed by atoms with Gasteiger partial charge in [0.2, 0.25) is 17.7 Å². The summed E-state index contributed by atoms with van der Waals surface area (Å²) in [6, 6.07) is 14.9. The van der Waals surface area contributed by atoms with E-state index in [2.05, 4.69) is 5.32 Å². The number of nitrogens with one attached hydrogen (secondary N) is 1. The second-order valence-electron chi connectivity index (χ2n) is 9.82. The first-order chi connectivity index (χ1) is 16.8. The molecule has 2 fully saturated rings. The van der Waals surface area contributed by atoms with Crippen LogP contribution in [0, 0.1) is 18.7 Å². The van der Waals surface area contributed by atoms with Gasteiger partial charge in [-0.25, -0.2) is 4.39 Å². The number of piperidine rings is 2. The second kappa shape index (κ2) is 10.6. The van der Waals surface area contributed by atoms with Gasteiger partial charge in [-0.2, -0.15) is 0 Å². The number of likely N-dealkylation sites (tertiary alicyclic amines) is 2. The molecule has 35 heavy (non-hydrogen) atoms. The third-order valence-corrected chi connectivity index (χ3v) is 7.65. The first kappa shape index (κ1) is 24.9. The highest BCUT2D eigenvalue weighted by Crippen LogP contribution is 2.38. The molecule has 0 spiro atoms. The first-order valence-corrected chi connectivity index (χ1v) is 12.4. The van der Waals surface area contributed by atoms with Crippen LogP contribution in [0.4, 0.5) is 4.39 Å². The largest absolute Gasteiger partial charge is 0.352 e. The maximum atomic E-state index is 13.9. The number of amides is 3. The second-order valence-corrected chi connectivity index (χ2v) is 9.82. The molecule has 2 aliphatic heterocycles. The van der Waals surface area contributed by atoms with Crippen molar-refractivity contribution < 1.29 is 18.8 Å². The minimum absolute atomic E-state index is 0.0410. The van der Waals surface area contributed by atoms with Crippen LogP contribution in [0.3, 0.4) is 0 Å². The SMILES string of the molecule is CC(=O)N1CCC(C(=O)N2CCC(C(=O)NCc3ccc(C)c(F)c3)CC2)(c2ccccc2)CC1. The Bertz CT molecular complexity index is 1070. The Kier molecular flexibility index (Phi) is 7.53. The number of halogens is 1. The molecule has 3 amide bonds. The number of rotatable bonds is 5. The van der Waals surface area contributed by atoms with E-state index in [1.165, 1.54) is 6.07 Å². The molecule has 0 unspecified atom stereocenters. The van der Waals surface area contributed by atoms with E-state index in [-0.39, 0.29) is 29.5 Å². The summed E-state index contributed by atoms with van der Waals surface area (Å²) < 4.78 is 13.8.